The van der Waals surface area contributed by atoms with Crippen LogP contribution in [0.1, 0.15) is 80.3 Å². The number of alkyl carbamates (subject to hydrolysis) is 2. The van der Waals surface area contributed by atoms with Crippen LogP contribution in [0.2, 0.25) is 0 Å². The summed E-state index contributed by atoms with van der Waals surface area (Å²) in [6.07, 6.45) is -3.33. The summed E-state index contributed by atoms with van der Waals surface area (Å²) in [7, 11) is 0. The molecule has 0 heterocycles. The lowest BCUT2D eigenvalue weighted by atomic mass is 10.1. The molecule has 0 fully saturated rings. The Balaban J connectivity index is 1.37. The zero-order valence-corrected chi connectivity index (χ0v) is 34.7. The van der Waals surface area contributed by atoms with E-state index in [1.54, 1.807) is 24.3 Å². The summed E-state index contributed by atoms with van der Waals surface area (Å²) in [6.45, 7) is 11.4. The molecule has 18 heteroatoms. The molecule has 2 amide bonds. The number of ether oxygens (including phenoxy) is 8. The molecule has 62 heavy (non-hydrogen) atoms. The van der Waals surface area contributed by atoms with Crippen LogP contribution in [0.25, 0.3) is 0 Å². The monoisotopic (exact) mass is 860 g/mol. The molecule has 3 rings (SSSR count). The van der Waals surface area contributed by atoms with Crippen LogP contribution in [-0.4, -0.2) is 99.9 Å². The van der Waals surface area contributed by atoms with Gasteiger partial charge in [-0.25, -0.2) is 38.4 Å². The van der Waals surface area contributed by atoms with Crippen molar-refractivity contribution in [2.75, 3.05) is 39.6 Å². The maximum Gasteiger partial charge on any atom is 0.407 e. The molecule has 0 bridgehead atoms. The van der Waals surface area contributed by atoms with Crippen molar-refractivity contribution in [1.82, 2.24) is 10.6 Å². The van der Waals surface area contributed by atoms with Crippen LogP contribution in [0.5, 0.6) is 0 Å². The quantitative estimate of drug-likeness (QED) is 0.0573. The summed E-state index contributed by atoms with van der Waals surface area (Å²) in [5.74, 6) is -4.64. The molecular formula is C44H48N2O16. The van der Waals surface area contributed by atoms with E-state index in [2.05, 4.69) is 23.8 Å². The van der Waals surface area contributed by atoms with Crippen LogP contribution in [0.3, 0.4) is 0 Å². The van der Waals surface area contributed by atoms with Gasteiger partial charge in [-0.2, -0.15) is 0 Å². The standard InChI is InChI=1S/C44H48N2O16/c1-27(2)37(47)55-18-20-57-39(49)33-14-7-9-16-35(33)41(51)59-25-29(5)61-43(53)45-23-31-12-11-13-32(22-31)24-46-44(54)62-30(6)26-60-42(52)36-17-10-8-15-34(36)40(50)58-21-19-56-38(48)28(3)4/h7-17,22,29-30H,1,3,18-21,23-26H2,2,4-6H3,(H,45,53)(H,46,54). The SMILES string of the molecule is C=C(C)C(=O)OCCOC(=O)c1ccccc1C(=O)OCC(C)OC(=O)NCc1cccc(CNC(=O)OC(C)COC(=O)c2ccccc2C(=O)OCCOC(=O)C(=C)C)c1. The lowest BCUT2D eigenvalue weighted by Gasteiger charge is -2.16. The highest BCUT2D eigenvalue weighted by molar-refractivity contribution is 6.04. The maximum absolute atomic E-state index is 12.8. The van der Waals surface area contributed by atoms with Crippen molar-refractivity contribution in [2.24, 2.45) is 0 Å². The van der Waals surface area contributed by atoms with E-state index in [4.69, 9.17) is 37.9 Å². The summed E-state index contributed by atoms with van der Waals surface area (Å²) < 4.78 is 41.1. The Morgan fingerprint density at radius 2 is 0.806 bits per heavy atom. The molecule has 0 radical (unpaired) electrons. The fourth-order valence-electron chi connectivity index (χ4n) is 4.87. The molecule has 0 saturated carbocycles. The van der Waals surface area contributed by atoms with Gasteiger partial charge in [-0.1, -0.05) is 61.7 Å². The van der Waals surface area contributed by atoms with E-state index in [1.165, 1.54) is 76.2 Å². The van der Waals surface area contributed by atoms with Crippen molar-refractivity contribution in [3.63, 3.8) is 0 Å². The molecule has 2 N–H and O–H groups in total. The Kier molecular flexibility index (Phi) is 19.9. The van der Waals surface area contributed by atoms with Crippen LogP contribution in [0.15, 0.2) is 97.1 Å². The van der Waals surface area contributed by atoms with Crippen LogP contribution in [0, 0.1) is 0 Å². The first-order chi connectivity index (χ1) is 29.5. The molecule has 0 spiro atoms. The topological polar surface area (TPSA) is 234 Å². The van der Waals surface area contributed by atoms with E-state index in [1.807, 2.05) is 0 Å². The van der Waals surface area contributed by atoms with Crippen molar-refractivity contribution in [1.29, 1.82) is 0 Å². The van der Waals surface area contributed by atoms with Crippen LogP contribution in [-0.2, 0) is 60.6 Å². The molecule has 0 aromatic heterocycles. The second-order valence-corrected chi connectivity index (χ2v) is 13.4. The fraction of sp³-hybridized carbons (Fsp3) is 0.318. The Bertz CT molecular complexity index is 1990. The number of benzene rings is 3. The number of carbonyl (C=O) groups is 8. The highest BCUT2D eigenvalue weighted by atomic mass is 16.6. The van der Waals surface area contributed by atoms with Gasteiger partial charge < -0.3 is 48.5 Å². The van der Waals surface area contributed by atoms with Gasteiger partial charge in [-0.05, 0) is 63.1 Å². The van der Waals surface area contributed by atoms with Crippen molar-refractivity contribution in [3.05, 3.63) is 130 Å². The summed E-state index contributed by atoms with van der Waals surface area (Å²) in [5, 5.41) is 5.19. The van der Waals surface area contributed by atoms with Crippen LogP contribution in [0.4, 0.5) is 9.59 Å². The molecular weight excluding hydrogens is 812 g/mol. The van der Waals surface area contributed by atoms with Gasteiger partial charge >= 0.3 is 48.0 Å². The zero-order valence-electron chi connectivity index (χ0n) is 34.7. The molecule has 0 aliphatic rings. The van der Waals surface area contributed by atoms with E-state index < -0.39 is 60.2 Å². The first kappa shape index (κ1) is 48.9. The van der Waals surface area contributed by atoms with Gasteiger partial charge in [0.1, 0.15) is 51.8 Å². The van der Waals surface area contributed by atoms with E-state index in [9.17, 15) is 38.4 Å². The molecule has 3 aromatic rings. The highest BCUT2D eigenvalue weighted by Gasteiger charge is 2.22. The summed E-state index contributed by atoms with van der Waals surface area (Å²) in [4.78, 5) is 98.7. The predicted molar refractivity (Wildman–Crippen MR) is 218 cm³/mol. The molecule has 2 atom stereocenters. The van der Waals surface area contributed by atoms with Crippen LogP contribution >= 0.6 is 0 Å². The Morgan fingerprint density at radius 1 is 0.484 bits per heavy atom. The fourth-order valence-corrected chi connectivity index (χ4v) is 4.87. The number of hydrogen-bond acceptors (Lipinski definition) is 16. The Hall–Kier alpha value is -7.50. The summed E-state index contributed by atoms with van der Waals surface area (Å²) >= 11 is 0. The minimum Gasteiger partial charge on any atom is -0.459 e. The third-order valence-electron chi connectivity index (χ3n) is 7.91. The van der Waals surface area contributed by atoms with Crippen molar-refractivity contribution in [2.45, 2.75) is 53.0 Å². The van der Waals surface area contributed by atoms with E-state index in [0.29, 0.717) is 11.1 Å². The van der Waals surface area contributed by atoms with Crippen molar-refractivity contribution >= 4 is 48.0 Å². The summed E-state index contributed by atoms with van der Waals surface area (Å²) in [5.41, 5.74) is 1.42. The number of esters is 6. The minimum atomic E-state index is -0.870. The average molecular weight is 861 g/mol. The van der Waals surface area contributed by atoms with E-state index >= 15 is 0 Å². The lowest BCUT2D eigenvalue weighted by Crippen LogP contribution is -2.31. The van der Waals surface area contributed by atoms with Gasteiger partial charge in [0.15, 0.2) is 0 Å². The normalized spacial score (nSPS) is 11.3. The van der Waals surface area contributed by atoms with Gasteiger partial charge in [-0.3, -0.25) is 0 Å². The smallest absolute Gasteiger partial charge is 0.407 e. The van der Waals surface area contributed by atoms with Crippen molar-refractivity contribution in [3.8, 4) is 0 Å². The number of rotatable bonds is 22. The number of carbonyl (C=O) groups excluding carboxylic acids is 8. The van der Waals surface area contributed by atoms with Gasteiger partial charge in [0, 0.05) is 24.2 Å². The van der Waals surface area contributed by atoms with E-state index in [-0.39, 0.29) is 86.1 Å². The zero-order chi connectivity index (χ0) is 45.6. The minimum absolute atomic E-state index is 0.0552. The lowest BCUT2D eigenvalue weighted by molar-refractivity contribution is -0.140. The average Bonchev–Trinajstić information content (AvgIpc) is 3.25. The molecule has 330 valence electrons. The van der Waals surface area contributed by atoms with Gasteiger partial charge in [0.25, 0.3) is 0 Å². The Labute approximate surface area is 357 Å². The predicted octanol–water partition coefficient (Wildman–Crippen LogP) is 5.18. The van der Waals surface area contributed by atoms with Crippen molar-refractivity contribution < 1.29 is 76.3 Å². The van der Waals surface area contributed by atoms with Gasteiger partial charge in [0.2, 0.25) is 0 Å². The molecule has 2 unspecified atom stereocenters. The number of nitrogens with one attached hydrogen (secondary N) is 2. The first-order valence-electron chi connectivity index (χ1n) is 19.0. The first-order valence-corrected chi connectivity index (χ1v) is 19.0. The number of amides is 2. The Morgan fingerprint density at radius 3 is 1.15 bits per heavy atom. The second kappa shape index (κ2) is 25.2. The van der Waals surface area contributed by atoms with Crippen LogP contribution < -0.4 is 10.6 Å². The van der Waals surface area contributed by atoms with E-state index in [0.717, 1.165) is 0 Å². The summed E-state index contributed by atoms with van der Waals surface area (Å²) in [6, 6.07) is 18.5. The molecule has 0 aliphatic carbocycles. The molecule has 0 saturated heterocycles. The maximum atomic E-state index is 12.8. The highest BCUT2D eigenvalue weighted by Crippen LogP contribution is 2.15. The van der Waals surface area contributed by atoms with Gasteiger partial charge in [-0.15, -0.1) is 0 Å². The third-order valence-corrected chi connectivity index (χ3v) is 7.91. The van der Waals surface area contributed by atoms with Gasteiger partial charge in [0.05, 0.1) is 22.3 Å². The third kappa shape index (κ3) is 17.0. The molecule has 0 aliphatic heterocycles. The number of hydrogen-bond donors (Lipinski definition) is 2. The molecule has 3 aromatic carbocycles. The second-order valence-electron chi connectivity index (χ2n) is 13.4. The molecule has 18 nitrogen and oxygen atoms in total. The largest absolute Gasteiger partial charge is 0.459 e.